The van der Waals surface area contributed by atoms with E-state index in [9.17, 15) is 13.2 Å². The van der Waals surface area contributed by atoms with Gasteiger partial charge in [-0.25, -0.2) is 14.5 Å². The van der Waals surface area contributed by atoms with Crippen LogP contribution in [0.3, 0.4) is 0 Å². The molecule has 1 N–H and O–H groups in total. The van der Waals surface area contributed by atoms with Gasteiger partial charge in [0, 0.05) is 13.2 Å². The Morgan fingerprint density at radius 1 is 1.47 bits per heavy atom. The van der Waals surface area contributed by atoms with Gasteiger partial charge in [-0.05, 0) is 20.8 Å². The molecule has 0 bridgehead atoms. The molecule has 96 valence electrons. The number of nitrogens with one attached hydrogen (secondary N) is 1. The van der Waals surface area contributed by atoms with Crippen LogP contribution < -0.4 is 4.72 Å². The van der Waals surface area contributed by atoms with E-state index in [-0.39, 0.29) is 5.03 Å². The lowest BCUT2D eigenvalue weighted by Gasteiger charge is -2.19. The van der Waals surface area contributed by atoms with Crippen molar-refractivity contribution in [3.05, 3.63) is 12.5 Å². The number of ether oxygens (including phenoxy) is 1. The standard InChI is InChI=1S/C9H15N3O4S/c1-9(2,3)16-8(13)11-17(14,15)7-5-12(4)6-10-7/h5-6H,1-4H3,(H,11,13). The maximum Gasteiger partial charge on any atom is 0.421 e. The molecule has 0 atom stereocenters. The molecule has 0 aliphatic carbocycles. The van der Waals surface area contributed by atoms with Crippen molar-refractivity contribution in [3.63, 3.8) is 0 Å². The van der Waals surface area contributed by atoms with E-state index in [0.717, 1.165) is 0 Å². The third-order valence-corrected chi connectivity index (χ3v) is 2.77. The van der Waals surface area contributed by atoms with Gasteiger partial charge in [-0.2, -0.15) is 8.42 Å². The topological polar surface area (TPSA) is 90.3 Å². The lowest BCUT2D eigenvalue weighted by molar-refractivity contribution is 0.0570. The summed E-state index contributed by atoms with van der Waals surface area (Å²) in [6.07, 6.45) is 1.58. The number of imidazole rings is 1. The molecule has 0 spiro atoms. The summed E-state index contributed by atoms with van der Waals surface area (Å²) in [5.74, 6) is 0. The third kappa shape index (κ3) is 4.06. The van der Waals surface area contributed by atoms with E-state index in [4.69, 9.17) is 4.74 Å². The van der Waals surface area contributed by atoms with Crippen LogP contribution in [0.2, 0.25) is 0 Å². The first kappa shape index (κ1) is 13.5. The van der Waals surface area contributed by atoms with Crippen LogP contribution in [-0.4, -0.2) is 29.7 Å². The Bertz CT molecular complexity index is 513. The van der Waals surface area contributed by atoms with Gasteiger partial charge in [0.25, 0.3) is 10.0 Å². The Hall–Kier alpha value is -1.57. The first-order valence-corrected chi connectivity index (χ1v) is 6.32. The van der Waals surface area contributed by atoms with Crippen LogP contribution in [0.5, 0.6) is 0 Å². The normalized spacial score (nSPS) is 12.2. The minimum atomic E-state index is -3.97. The number of carbonyl (C=O) groups excluding carboxylic acids is 1. The quantitative estimate of drug-likeness (QED) is 0.843. The largest absolute Gasteiger partial charge is 0.443 e. The molecule has 1 amide bonds. The maximum absolute atomic E-state index is 11.7. The number of hydrogen-bond acceptors (Lipinski definition) is 5. The van der Waals surface area contributed by atoms with E-state index < -0.39 is 21.7 Å². The Kier molecular flexibility index (Phi) is 3.46. The monoisotopic (exact) mass is 261 g/mol. The second kappa shape index (κ2) is 4.36. The van der Waals surface area contributed by atoms with Crippen LogP contribution in [0.1, 0.15) is 20.8 Å². The molecule has 0 saturated carbocycles. The highest BCUT2D eigenvalue weighted by Gasteiger charge is 2.24. The second-order valence-electron chi connectivity index (χ2n) is 4.48. The van der Waals surface area contributed by atoms with E-state index in [2.05, 4.69) is 4.98 Å². The van der Waals surface area contributed by atoms with Crippen LogP contribution in [0.15, 0.2) is 17.6 Å². The number of aryl methyl sites for hydroxylation is 1. The van der Waals surface area contributed by atoms with Crippen molar-refractivity contribution in [2.75, 3.05) is 0 Å². The summed E-state index contributed by atoms with van der Waals surface area (Å²) >= 11 is 0. The van der Waals surface area contributed by atoms with Gasteiger partial charge in [-0.1, -0.05) is 0 Å². The van der Waals surface area contributed by atoms with Crippen LogP contribution in [-0.2, 0) is 21.8 Å². The van der Waals surface area contributed by atoms with Crippen LogP contribution >= 0.6 is 0 Å². The number of aromatic nitrogens is 2. The summed E-state index contributed by atoms with van der Waals surface area (Å²) in [6, 6.07) is 0. The molecule has 0 aliphatic rings. The Morgan fingerprint density at radius 2 is 2.06 bits per heavy atom. The van der Waals surface area contributed by atoms with E-state index >= 15 is 0 Å². The van der Waals surface area contributed by atoms with Crippen molar-refractivity contribution in [2.24, 2.45) is 7.05 Å². The number of rotatable bonds is 2. The van der Waals surface area contributed by atoms with Gasteiger partial charge in [-0.15, -0.1) is 0 Å². The summed E-state index contributed by atoms with van der Waals surface area (Å²) in [6.45, 7) is 4.92. The van der Waals surface area contributed by atoms with E-state index in [0.29, 0.717) is 0 Å². The fraction of sp³-hybridized carbons (Fsp3) is 0.556. The number of nitrogens with zero attached hydrogens (tertiary/aromatic N) is 2. The Labute approximate surface area is 99.8 Å². The number of hydrogen-bond donors (Lipinski definition) is 1. The highest BCUT2D eigenvalue weighted by atomic mass is 32.2. The maximum atomic E-state index is 11.7. The summed E-state index contributed by atoms with van der Waals surface area (Å²) < 4.78 is 31.4. The van der Waals surface area contributed by atoms with Gasteiger partial charge >= 0.3 is 6.09 Å². The van der Waals surface area contributed by atoms with Gasteiger partial charge < -0.3 is 9.30 Å². The molecular formula is C9H15N3O4S. The second-order valence-corrected chi connectivity index (χ2v) is 6.11. The summed E-state index contributed by atoms with van der Waals surface area (Å²) in [7, 11) is -2.34. The van der Waals surface area contributed by atoms with Crippen molar-refractivity contribution >= 4 is 16.1 Å². The number of amides is 1. The average Bonchev–Trinajstić information content (AvgIpc) is 2.46. The lowest BCUT2D eigenvalue weighted by atomic mass is 10.2. The summed E-state index contributed by atoms with van der Waals surface area (Å²) in [5, 5.41) is -0.231. The molecule has 1 heterocycles. The SMILES string of the molecule is Cn1cnc(S(=O)(=O)NC(=O)OC(C)(C)C)c1. The molecule has 1 aromatic rings. The van der Waals surface area contributed by atoms with Gasteiger partial charge in [0.1, 0.15) is 5.60 Å². The van der Waals surface area contributed by atoms with Crippen molar-refractivity contribution in [2.45, 2.75) is 31.4 Å². The number of sulfonamides is 1. The molecule has 1 rings (SSSR count). The third-order valence-electron chi connectivity index (χ3n) is 1.57. The van der Waals surface area contributed by atoms with Crippen molar-refractivity contribution in [3.8, 4) is 0 Å². The predicted octanol–water partition coefficient (Wildman–Crippen LogP) is 0.633. The van der Waals surface area contributed by atoms with Crippen molar-refractivity contribution in [1.82, 2.24) is 14.3 Å². The molecule has 1 aromatic heterocycles. The Morgan fingerprint density at radius 3 is 2.47 bits per heavy atom. The van der Waals surface area contributed by atoms with Crippen molar-refractivity contribution < 1.29 is 17.9 Å². The molecule has 8 heteroatoms. The zero-order valence-corrected chi connectivity index (χ0v) is 10.9. The molecule has 0 radical (unpaired) electrons. The molecule has 7 nitrogen and oxygen atoms in total. The van der Waals surface area contributed by atoms with Gasteiger partial charge in [0.2, 0.25) is 0 Å². The molecule has 17 heavy (non-hydrogen) atoms. The molecule has 0 aliphatic heterocycles. The minimum absolute atomic E-state index is 0.231. The van der Waals surface area contributed by atoms with E-state index in [1.165, 1.54) is 17.1 Å². The fourth-order valence-corrected chi connectivity index (χ4v) is 1.85. The van der Waals surface area contributed by atoms with Crippen LogP contribution in [0.4, 0.5) is 4.79 Å². The fourth-order valence-electron chi connectivity index (χ4n) is 0.989. The first-order chi connectivity index (χ1) is 7.60. The smallest absolute Gasteiger partial charge is 0.421 e. The Balaban J connectivity index is 2.78. The molecular weight excluding hydrogens is 246 g/mol. The van der Waals surface area contributed by atoms with E-state index in [1.807, 2.05) is 0 Å². The van der Waals surface area contributed by atoms with Crippen LogP contribution in [0, 0.1) is 0 Å². The van der Waals surface area contributed by atoms with Gasteiger partial charge in [-0.3, -0.25) is 0 Å². The number of carbonyl (C=O) groups is 1. The molecule has 0 aromatic carbocycles. The first-order valence-electron chi connectivity index (χ1n) is 4.84. The van der Waals surface area contributed by atoms with Crippen LogP contribution in [0.25, 0.3) is 0 Å². The van der Waals surface area contributed by atoms with Gasteiger partial charge in [0.15, 0.2) is 5.03 Å². The molecule has 0 unspecified atom stereocenters. The predicted molar refractivity (Wildman–Crippen MR) is 59.8 cm³/mol. The average molecular weight is 261 g/mol. The minimum Gasteiger partial charge on any atom is -0.443 e. The lowest BCUT2D eigenvalue weighted by Crippen LogP contribution is -2.36. The van der Waals surface area contributed by atoms with E-state index in [1.54, 1.807) is 32.5 Å². The molecule has 0 saturated heterocycles. The summed E-state index contributed by atoms with van der Waals surface area (Å²) in [5.41, 5.74) is -0.760. The summed E-state index contributed by atoms with van der Waals surface area (Å²) in [4.78, 5) is 14.9. The zero-order valence-electron chi connectivity index (χ0n) is 10.1. The van der Waals surface area contributed by atoms with Gasteiger partial charge in [0.05, 0.1) is 6.33 Å². The highest BCUT2D eigenvalue weighted by Crippen LogP contribution is 2.09. The van der Waals surface area contributed by atoms with Crippen molar-refractivity contribution in [1.29, 1.82) is 0 Å². The zero-order chi connectivity index (χ0) is 13.3. The molecule has 0 fully saturated rings. The highest BCUT2D eigenvalue weighted by molar-refractivity contribution is 7.90.